The molecule has 0 fully saturated rings. The number of pyridine rings is 1. The number of carboxylic acids is 1. The molecule has 0 amide bonds. The van der Waals surface area contributed by atoms with Crippen molar-refractivity contribution in [2.45, 2.75) is 25.7 Å². The molecule has 2 N–H and O–H groups in total. The van der Waals surface area contributed by atoms with Gasteiger partial charge in [0.2, 0.25) is 0 Å². The van der Waals surface area contributed by atoms with E-state index >= 15 is 0 Å². The Hall–Kier alpha value is -2.06. The number of carbonyl (C=O) groups is 1. The number of aryl methyl sites for hydroxylation is 2. The number of hydrogen-bond acceptors (Lipinski definition) is 4. The maximum atomic E-state index is 14.5. The van der Waals surface area contributed by atoms with Gasteiger partial charge in [-0.3, -0.25) is 4.98 Å². The molecule has 1 aliphatic rings. The van der Waals surface area contributed by atoms with Crippen molar-refractivity contribution in [2.24, 2.45) is 0 Å². The number of fused-ring (bicyclic) bond motifs is 1. The van der Waals surface area contributed by atoms with Gasteiger partial charge >= 0.3 is 5.97 Å². The highest BCUT2D eigenvalue weighted by Crippen LogP contribution is 2.39. The van der Waals surface area contributed by atoms with Crippen LogP contribution in [0.25, 0.3) is 11.3 Å². The lowest BCUT2D eigenvalue weighted by Crippen LogP contribution is -2.01. The van der Waals surface area contributed by atoms with E-state index < -0.39 is 11.8 Å². The van der Waals surface area contributed by atoms with Crippen LogP contribution in [0.2, 0.25) is 0 Å². The Balaban J connectivity index is 1.72. The molecule has 4 rings (SSSR count). The van der Waals surface area contributed by atoms with Gasteiger partial charge in [0.1, 0.15) is 10.7 Å². The number of nitrogens with zero attached hydrogens (tertiary/aromatic N) is 2. The Morgan fingerprint density at radius 1 is 1.52 bits per heavy atom. The lowest BCUT2D eigenvalue weighted by Gasteiger charge is -2.07. The Bertz CT molecular complexity index is 998. The monoisotopic (exact) mass is 421 g/mol. The quantitative estimate of drug-likeness (QED) is 0.651. The van der Waals surface area contributed by atoms with Gasteiger partial charge in [0, 0.05) is 21.7 Å². The second kappa shape index (κ2) is 6.03. The first-order valence-corrected chi connectivity index (χ1v) is 9.28. The van der Waals surface area contributed by atoms with Gasteiger partial charge < -0.3 is 10.1 Å². The summed E-state index contributed by atoms with van der Waals surface area (Å²) in [7, 11) is 0. The van der Waals surface area contributed by atoms with Crippen LogP contribution in [0.15, 0.2) is 22.9 Å². The van der Waals surface area contributed by atoms with Crippen LogP contribution >= 0.6 is 27.3 Å². The summed E-state index contributed by atoms with van der Waals surface area (Å²) in [5.74, 6) is -1.21. The first-order valence-electron chi connectivity index (χ1n) is 7.68. The normalized spacial score (nSPS) is 16.2. The second-order valence-corrected chi connectivity index (χ2v) is 8.08. The molecule has 25 heavy (non-hydrogen) atoms. The van der Waals surface area contributed by atoms with E-state index in [2.05, 4.69) is 36.9 Å². The van der Waals surface area contributed by atoms with Crippen molar-refractivity contribution in [3.05, 3.63) is 55.6 Å². The van der Waals surface area contributed by atoms with Crippen LogP contribution in [0.5, 0.6) is 0 Å². The number of halogens is 2. The van der Waals surface area contributed by atoms with Crippen molar-refractivity contribution in [3.8, 4) is 11.3 Å². The Labute approximate surface area is 155 Å². The van der Waals surface area contributed by atoms with E-state index in [1.807, 2.05) is 0 Å². The van der Waals surface area contributed by atoms with E-state index in [0.29, 0.717) is 10.6 Å². The van der Waals surface area contributed by atoms with Crippen molar-refractivity contribution < 1.29 is 14.3 Å². The van der Waals surface area contributed by atoms with Crippen molar-refractivity contribution in [1.82, 2.24) is 15.0 Å². The number of imidazole rings is 1. The first kappa shape index (κ1) is 16.4. The summed E-state index contributed by atoms with van der Waals surface area (Å²) in [5, 5.41) is 9.09. The molecule has 0 bridgehead atoms. The highest BCUT2D eigenvalue weighted by molar-refractivity contribution is 9.10. The minimum Gasteiger partial charge on any atom is -0.477 e. The smallest absolute Gasteiger partial charge is 0.348 e. The third kappa shape index (κ3) is 2.69. The molecule has 3 heterocycles. The maximum Gasteiger partial charge on any atom is 0.348 e. The number of carboxylic acid groups (broad SMARTS) is 1. The molecule has 0 saturated heterocycles. The van der Waals surface area contributed by atoms with E-state index in [0.717, 1.165) is 40.2 Å². The predicted octanol–water partition coefficient (Wildman–Crippen LogP) is 4.52. The molecular formula is C17H13BrFN3O2S. The van der Waals surface area contributed by atoms with Gasteiger partial charge in [0.25, 0.3) is 0 Å². The van der Waals surface area contributed by atoms with Crippen molar-refractivity contribution >= 4 is 33.2 Å². The highest BCUT2D eigenvalue weighted by Gasteiger charge is 2.29. The summed E-state index contributed by atoms with van der Waals surface area (Å²) in [5.41, 5.74) is 2.85. The summed E-state index contributed by atoms with van der Waals surface area (Å²) < 4.78 is 15.4. The van der Waals surface area contributed by atoms with Crippen LogP contribution in [0.4, 0.5) is 4.39 Å². The van der Waals surface area contributed by atoms with E-state index in [1.54, 1.807) is 19.3 Å². The Kier molecular flexibility index (Phi) is 3.96. The SMILES string of the molecule is Cc1sc(C(=O)O)c(F)c1-c1c[nH]c(C2CCc3cc(Br)cnc32)n1. The molecule has 0 aromatic carbocycles. The predicted molar refractivity (Wildman–Crippen MR) is 95.7 cm³/mol. The van der Waals surface area contributed by atoms with Crippen LogP contribution in [0.1, 0.15) is 44.0 Å². The number of rotatable bonds is 3. The summed E-state index contributed by atoms with van der Waals surface area (Å²) >= 11 is 4.36. The van der Waals surface area contributed by atoms with Gasteiger partial charge in [-0.25, -0.2) is 14.2 Å². The topological polar surface area (TPSA) is 78.9 Å². The fraction of sp³-hybridized carbons (Fsp3) is 0.235. The van der Waals surface area contributed by atoms with Crippen molar-refractivity contribution in [1.29, 1.82) is 0 Å². The molecule has 1 aliphatic carbocycles. The standard InChI is InChI=1S/C17H13BrFN3O2S/c1-7-12(13(19)15(25-7)17(23)24)11-6-21-16(22-11)10-3-2-8-4-9(18)5-20-14(8)10/h4-6,10H,2-3H2,1H3,(H,21,22)(H,23,24). The van der Waals surface area contributed by atoms with Crippen LogP contribution in [-0.2, 0) is 6.42 Å². The number of hydrogen-bond donors (Lipinski definition) is 2. The zero-order valence-electron chi connectivity index (χ0n) is 13.1. The van der Waals surface area contributed by atoms with Gasteiger partial charge in [-0.15, -0.1) is 11.3 Å². The fourth-order valence-electron chi connectivity index (χ4n) is 3.30. The molecule has 0 aliphatic heterocycles. The van der Waals surface area contributed by atoms with Crippen molar-refractivity contribution in [3.63, 3.8) is 0 Å². The lowest BCUT2D eigenvalue weighted by atomic mass is 10.1. The molecule has 0 spiro atoms. The lowest BCUT2D eigenvalue weighted by molar-refractivity contribution is 0.0698. The van der Waals surface area contributed by atoms with Gasteiger partial charge in [-0.05, 0) is 47.3 Å². The molecule has 0 saturated carbocycles. The second-order valence-electron chi connectivity index (χ2n) is 5.94. The molecule has 0 radical (unpaired) electrons. The molecular weight excluding hydrogens is 409 g/mol. The third-order valence-corrected chi connectivity index (χ3v) is 5.91. The van der Waals surface area contributed by atoms with Gasteiger partial charge in [0.15, 0.2) is 5.82 Å². The Morgan fingerprint density at radius 2 is 2.32 bits per heavy atom. The average molecular weight is 422 g/mol. The average Bonchev–Trinajstić information content (AvgIpc) is 3.24. The summed E-state index contributed by atoms with van der Waals surface area (Å²) in [4.78, 5) is 23.6. The number of thiophene rings is 1. The largest absolute Gasteiger partial charge is 0.477 e. The van der Waals surface area contributed by atoms with E-state index in [9.17, 15) is 9.18 Å². The molecule has 128 valence electrons. The fourth-order valence-corrected chi connectivity index (χ4v) is 4.56. The minimum absolute atomic E-state index is 0.0396. The number of nitrogens with one attached hydrogen (secondary N) is 1. The summed E-state index contributed by atoms with van der Waals surface area (Å²) in [6.07, 6.45) is 5.20. The third-order valence-electron chi connectivity index (χ3n) is 4.40. The number of aromatic nitrogens is 3. The first-order chi connectivity index (χ1) is 12.0. The molecule has 1 unspecified atom stereocenters. The number of H-pyrrole nitrogens is 1. The van der Waals surface area contributed by atoms with E-state index in [-0.39, 0.29) is 16.4 Å². The summed E-state index contributed by atoms with van der Waals surface area (Å²) in [6, 6.07) is 2.06. The zero-order chi connectivity index (χ0) is 17.7. The van der Waals surface area contributed by atoms with Crippen molar-refractivity contribution in [2.75, 3.05) is 0 Å². The van der Waals surface area contributed by atoms with Gasteiger partial charge in [-0.2, -0.15) is 0 Å². The van der Waals surface area contributed by atoms with Crippen LogP contribution in [-0.4, -0.2) is 26.0 Å². The van der Waals surface area contributed by atoms with E-state index in [4.69, 9.17) is 5.11 Å². The molecule has 1 atom stereocenters. The number of aromatic carboxylic acids is 1. The molecule has 5 nitrogen and oxygen atoms in total. The van der Waals surface area contributed by atoms with Crippen LogP contribution < -0.4 is 0 Å². The zero-order valence-corrected chi connectivity index (χ0v) is 15.5. The van der Waals surface area contributed by atoms with Gasteiger partial charge in [0.05, 0.1) is 22.9 Å². The maximum absolute atomic E-state index is 14.5. The van der Waals surface area contributed by atoms with Crippen LogP contribution in [0, 0.1) is 12.7 Å². The molecule has 8 heteroatoms. The van der Waals surface area contributed by atoms with Gasteiger partial charge in [-0.1, -0.05) is 0 Å². The Morgan fingerprint density at radius 3 is 3.04 bits per heavy atom. The summed E-state index contributed by atoms with van der Waals surface area (Å²) in [6.45, 7) is 1.70. The van der Waals surface area contributed by atoms with E-state index in [1.165, 1.54) is 5.56 Å². The highest BCUT2D eigenvalue weighted by atomic mass is 79.9. The van der Waals surface area contributed by atoms with Crippen LogP contribution in [0.3, 0.4) is 0 Å². The number of aromatic amines is 1. The minimum atomic E-state index is -1.26. The molecule has 3 aromatic rings. The molecule has 3 aromatic heterocycles.